The lowest BCUT2D eigenvalue weighted by molar-refractivity contribution is -0.137. The van der Waals surface area contributed by atoms with Crippen LogP contribution in [0.3, 0.4) is 0 Å². The molecule has 3 aromatic rings. The summed E-state index contributed by atoms with van der Waals surface area (Å²) in [5.41, 5.74) is 5.06. The molecular formula is C14H11ClF3N5O. The minimum Gasteiger partial charge on any atom is -0.366 e. The molecule has 0 unspecified atom stereocenters. The summed E-state index contributed by atoms with van der Waals surface area (Å²) in [5.74, 6) is 0.0941. The van der Waals surface area contributed by atoms with Crippen LogP contribution in [0.2, 0.25) is 5.02 Å². The van der Waals surface area contributed by atoms with E-state index < -0.39 is 22.3 Å². The molecule has 0 radical (unpaired) electrons. The van der Waals surface area contributed by atoms with Gasteiger partial charge in [-0.25, -0.2) is 0 Å². The number of H-pyrrole nitrogens is 1. The Morgan fingerprint density at radius 1 is 1.38 bits per heavy atom. The van der Waals surface area contributed by atoms with E-state index in [1.165, 1.54) is 6.07 Å². The molecule has 2 heterocycles. The van der Waals surface area contributed by atoms with Crippen molar-refractivity contribution >= 4 is 23.3 Å². The molecule has 1 aromatic carbocycles. The van der Waals surface area contributed by atoms with Gasteiger partial charge in [-0.3, -0.25) is 4.79 Å². The van der Waals surface area contributed by atoms with Crippen molar-refractivity contribution in [2.75, 3.05) is 5.73 Å². The van der Waals surface area contributed by atoms with Crippen molar-refractivity contribution in [2.45, 2.75) is 19.5 Å². The molecule has 0 atom stereocenters. The SMILES string of the molecule is Cc1[nH]c2nc(N)nn2c(=O)c1Cc1ccc(Cl)c(C(F)(F)F)c1. The van der Waals surface area contributed by atoms with Crippen LogP contribution in [0.5, 0.6) is 0 Å². The van der Waals surface area contributed by atoms with Crippen LogP contribution in [-0.4, -0.2) is 19.6 Å². The van der Waals surface area contributed by atoms with E-state index in [0.717, 1.165) is 16.6 Å². The average molecular weight is 358 g/mol. The number of halogens is 4. The Hall–Kier alpha value is -2.55. The second kappa shape index (κ2) is 5.52. The number of aryl methyl sites for hydroxylation is 1. The van der Waals surface area contributed by atoms with E-state index in [0.29, 0.717) is 11.3 Å². The molecule has 0 aliphatic carbocycles. The Morgan fingerprint density at radius 2 is 2.08 bits per heavy atom. The Morgan fingerprint density at radius 3 is 2.75 bits per heavy atom. The van der Waals surface area contributed by atoms with E-state index in [-0.39, 0.29) is 23.7 Å². The first-order valence-electron chi connectivity index (χ1n) is 6.76. The third-order valence-electron chi connectivity index (χ3n) is 3.54. The summed E-state index contributed by atoms with van der Waals surface area (Å²) in [6, 6.07) is 3.53. The lowest BCUT2D eigenvalue weighted by atomic mass is 10.0. The molecular weight excluding hydrogens is 347 g/mol. The fourth-order valence-corrected chi connectivity index (χ4v) is 2.62. The second-order valence-corrected chi connectivity index (χ2v) is 5.64. The van der Waals surface area contributed by atoms with Gasteiger partial charge in [0.2, 0.25) is 11.7 Å². The molecule has 126 valence electrons. The van der Waals surface area contributed by atoms with E-state index in [1.54, 1.807) is 6.92 Å². The average Bonchev–Trinajstić information content (AvgIpc) is 2.84. The monoisotopic (exact) mass is 357 g/mol. The van der Waals surface area contributed by atoms with Crippen LogP contribution in [0.25, 0.3) is 5.78 Å². The maximum Gasteiger partial charge on any atom is 0.417 e. The number of fused-ring (bicyclic) bond motifs is 1. The molecule has 0 amide bonds. The second-order valence-electron chi connectivity index (χ2n) is 5.23. The number of anilines is 1. The van der Waals surface area contributed by atoms with Gasteiger partial charge < -0.3 is 10.7 Å². The quantitative estimate of drug-likeness (QED) is 0.737. The van der Waals surface area contributed by atoms with Crippen molar-refractivity contribution in [3.63, 3.8) is 0 Å². The number of nitrogens with two attached hydrogens (primary N) is 1. The maximum absolute atomic E-state index is 12.9. The van der Waals surface area contributed by atoms with Gasteiger partial charge in [-0.2, -0.15) is 22.7 Å². The predicted octanol–water partition coefficient (Wildman–Crippen LogP) is 2.57. The van der Waals surface area contributed by atoms with Gasteiger partial charge in [-0.05, 0) is 24.6 Å². The summed E-state index contributed by atoms with van der Waals surface area (Å²) in [6.07, 6.45) is -4.59. The van der Waals surface area contributed by atoms with Crippen LogP contribution >= 0.6 is 11.6 Å². The number of aromatic amines is 1. The number of alkyl halides is 3. The molecule has 0 spiro atoms. The molecule has 0 fully saturated rings. The van der Waals surface area contributed by atoms with Gasteiger partial charge in [0.15, 0.2) is 0 Å². The molecule has 6 nitrogen and oxygen atoms in total. The molecule has 0 bridgehead atoms. The molecule has 24 heavy (non-hydrogen) atoms. The fraction of sp³-hybridized carbons (Fsp3) is 0.214. The zero-order chi connectivity index (χ0) is 17.6. The number of nitrogens with one attached hydrogen (secondary N) is 1. The summed E-state index contributed by atoms with van der Waals surface area (Å²) < 4.78 is 39.8. The minimum atomic E-state index is -4.57. The van der Waals surface area contributed by atoms with Gasteiger partial charge in [0, 0.05) is 17.7 Å². The van der Waals surface area contributed by atoms with E-state index in [1.807, 2.05) is 0 Å². The predicted molar refractivity (Wildman–Crippen MR) is 82.0 cm³/mol. The van der Waals surface area contributed by atoms with Crippen molar-refractivity contribution in [3.05, 3.63) is 56.0 Å². The Bertz CT molecular complexity index is 992. The largest absolute Gasteiger partial charge is 0.417 e. The minimum absolute atomic E-state index is 0.0167. The first-order valence-corrected chi connectivity index (χ1v) is 7.14. The van der Waals surface area contributed by atoms with Crippen molar-refractivity contribution in [3.8, 4) is 0 Å². The van der Waals surface area contributed by atoms with Gasteiger partial charge in [-0.15, -0.1) is 5.10 Å². The number of hydrogen-bond acceptors (Lipinski definition) is 4. The highest BCUT2D eigenvalue weighted by molar-refractivity contribution is 6.31. The lowest BCUT2D eigenvalue weighted by Crippen LogP contribution is -2.22. The summed E-state index contributed by atoms with van der Waals surface area (Å²) >= 11 is 5.60. The van der Waals surface area contributed by atoms with E-state index in [2.05, 4.69) is 15.1 Å². The number of benzene rings is 1. The number of hydrogen-bond donors (Lipinski definition) is 2. The van der Waals surface area contributed by atoms with Gasteiger partial charge in [0.1, 0.15) is 0 Å². The highest BCUT2D eigenvalue weighted by Crippen LogP contribution is 2.35. The third-order valence-corrected chi connectivity index (χ3v) is 3.87. The highest BCUT2D eigenvalue weighted by atomic mass is 35.5. The summed E-state index contributed by atoms with van der Waals surface area (Å²) in [6.45, 7) is 1.63. The zero-order valence-electron chi connectivity index (χ0n) is 12.3. The van der Waals surface area contributed by atoms with Crippen LogP contribution < -0.4 is 11.3 Å². The summed E-state index contributed by atoms with van der Waals surface area (Å²) in [5, 5.41) is 3.37. The van der Waals surface area contributed by atoms with E-state index >= 15 is 0 Å². The number of nitrogens with zero attached hydrogens (tertiary/aromatic N) is 3. The maximum atomic E-state index is 12.9. The van der Waals surface area contributed by atoms with Crippen LogP contribution in [0.4, 0.5) is 19.1 Å². The molecule has 0 saturated heterocycles. The first-order chi connectivity index (χ1) is 11.2. The van der Waals surface area contributed by atoms with Crippen LogP contribution in [0.1, 0.15) is 22.4 Å². The smallest absolute Gasteiger partial charge is 0.366 e. The summed E-state index contributed by atoms with van der Waals surface area (Å²) in [4.78, 5) is 19.2. The number of nitrogen functional groups attached to an aromatic ring is 1. The molecule has 2 aromatic heterocycles. The van der Waals surface area contributed by atoms with Crippen molar-refractivity contribution in [1.29, 1.82) is 0 Å². The van der Waals surface area contributed by atoms with Gasteiger partial charge in [-0.1, -0.05) is 17.7 Å². The highest BCUT2D eigenvalue weighted by Gasteiger charge is 2.33. The Balaban J connectivity index is 2.09. The summed E-state index contributed by atoms with van der Waals surface area (Å²) in [7, 11) is 0. The van der Waals surface area contributed by atoms with Crippen LogP contribution in [0, 0.1) is 6.92 Å². The van der Waals surface area contributed by atoms with Gasteiger partial charge >= 0.3 is 6.18 Å². The van der Waals surface area contributed by atoms with Crippen molar-refractivity contribution < 1.29 is 13.2 Å². The lowest BCUT2D eigenvalue weighted by Gasteiger charge is -2.11. The zero-order valence-corrected chi connectivity index (χ0v) is 13.0. The standard InChI is InChI=1S/C14H11ClF3N5O/c1-6-8(11(24)23-13(20-6)21-12(19)22-23)4-7-2-3-10(15)9(5-7)14(16,17)18/h2-3,5H,4H2,1H3,(H3,19,20,21,22). The van der Waals surface area contributed by atoms with Crippen molar-refractivity contribution in [2.24, 2.45) is 0 Å². The first kappa shape index (κ1) is 16.3. The molecule has 10 heteroatoms. The topological polar surface area (TPSA) is 89.1 Å². The van der Waals surface area contributed by atoms with Gasteiger partial charge in [0.25, 0.3) is 5.56 Å². The fourth-order valence-electron chi connectivity index (χ4n) is 2.39. The Kier molecular flexibility index (Phi) is 3.75. The molecule has 0 aliphatic rings. The van der Waals surface area contributed by atoms with Crippen LogP contribution in [0.15, 0.2) is 23.0 Å². The Labute approximate surface area is 138 Å². The number of aromatic nitrogens is 4. The third kappa shape index (κ3) is 2.82. The normalized spacial score (nSPS) is 12.0. The van der Waals surface area contributed by atoms with Crippen molar-refractivity contribution in [1.82, 2.24) is 19.6 Å². The van der Waals surface area contributed by atoms with Gasteiger partial charge in [0.05, 0.1) is 10.6 Å². The number of rotatable bonds is 2. The van der Waals surface area contributed by atoms with E-state index in [9.17, 15) is 18.0 Å². The molecule has 3 N–H and O–H groups in total. The molecule has 0 saturated carbocycles. The van der Waals surface area contributed by atoms with Crippen LogP contribution in [-0.2, 0) is 12.6 Å². The molecule has 0 aliphatic heterocycles. The van der Waals surface area contributed by atoms with E-state index in [4.69, 9.17) is 17.3 Å². The molecule has 3 rings (SSSR count).